The number of carbonyl (C=O) groups excluding carboxylic acids is 1. The van der Waals surface area contributed by atoms with E-state index in [1.54, 1.807) is 30.6 Å². The van der Waals surface area contributed by atoms with Gasteiger partial charge >= 0.3 is 0 Å². The molecule has 1 aliphatic heterocycles. The molecular weight excluding hydrogens is 254 g/mol. The van der Waals surface area contributed by atoms with Crippen molar-refractivity contribution < 1.29 is 14.3 Å². The number of aromatic nitrogens is 1. The van der Waals surface area contributed by atoms with Crippen molar-refractivity contribution in [2.75, 3.05) is 13.2 Å². The first-order valence-corrected chi connectivity index (χ1v) is 6.35. The van der Waals surface area contributed by atoms with E-state index in [1.807, 2.05) is 18.2 Å². The summed E-state index contributed by atoms with van der Waals surface area (Å²) in [4.78, 5) is 15.9. The van der Waals surface area contributed by atoms with Gasteiger partial charge in [0, 0.05) is 18.0 Å². The number of ketones is 1. The van der Waals surface area contributed by atoms with Crippen LogP contribution in [-0.4, -0.2) is 24.0 Å². The first-order chi connectivity index (χ1) is 9.83. The van der Waals surface area contributed by atoms with Gasteiger partial charge in [-0.25, -0.2) is 0 Å². The molecule has 0 saturated heterocycles. The first-order valence-electron chi connectivity index (χ1n) is 6.35. The number of fused-ring (bicyclic) bond motifs is 1. The molecule has 1 aromatic carbocycles. The van der Waals surface area contributed by atoms with Crippen molar-refractivity contribution in [3.05, 3.63) is 59.9 Å². The number of pyridine rings is 1. The fourth-order valence-corrected chi connectivity index (χ4v) is 1.94. The van der Waals surface area contributed by atoms with E-state index in [2.05, 4.69) is 4.98 Å². The van der Waals surface area contributed by atoms with Crippen molar-refractivity contribution in [1.82, 2.24) is 4.98 Å². The Morgan fingerprint density at radius 2 is 2.00 bits per heavy atom. The van der Waals surface area contributed by atoms with Crippen LogP contribution in [0.1, 0.15) is 15.9 Å². The summed E-state index contributed by atoms with van der Waals surface area (Å²) < 4.78 is 11.0. The van der Waals surface area contributed by atoms with Crippen LogP contribution in [0.5, 0.6) is 11.5 Å². The lowest BCUT2D eigenvalue weighted by Gasteiger charge is -2.18. The van der Waals surface area contributed by atoms with E-state index in [4.69, 9.17) is 9.47 Å². The second kappa shape index (κ2) is 5.57. The molecule has 3 rings (SSSR count). The van der Waals surface area contributed by atoms with Gasteiger partial charge in [-0.15, -0.1) is 0 Å². The number of nitrogens with zero attached hydrogens (tertiary/aromatic N) is 1. The van der Waals surface area contributed by atoms with Gasteiger partial charge in [0.2, 0.25) is 0 Å². The van der Waals surface area contributed by atoms with E-state index in [9.17, 15) is 4.79 Å². The highest BCUT2D eigenvalue weighted by molar-refractivity contribution is 6.06. The topological polar surface area (TPSA) is 48.4 Å². The molecule has 0 fully saturated rings. The fraction of sp³-hybridized carbons (Fsp3) is 0.125. The van der Waals surface area contributed by atoms with Gasteiger partial charge in [-0.1, -0.05) is 12.1 Å². The molecule has 0 N–H and O–H groups in total. The molecule has 100 valence electrons. The standard InChI is InChI=1S/C16H13NO3/c18-14(13-2-1-7-17-11-13)5-3-12-4-6-15-16(10-12)20-9-8-19-15/h1-7,10-11H,8-9H2. The van der Waals surface area contributed by atoms with Crippen LogP contribution in [0.4, 0.5) is 0 Å². The maximum atomic E-state index is 11.9. The SMILES string of the molecule is O=C(C=Cc1ccc2c(c1)OCCO2)c1cccnc1. The van der Waals surface area contributed by atoms with E-state index < -0.39 is 0 Å². The van der Waals surface area contributed by atoms with E-state index in [-0.39, 0.29) is 5.78 Å². The maximum absolute atomic E-state index is 11.9. The number of allylic oxidation sites excluding steroid dienone is 1. The normalized spacial score (nSPS) is 13.4. The Morgan fingerprint density at radius 3 is 2.80 bits per heavy atom. The van der Waals surface area contributed by atoms with Crippen LogP contribution in [0.15, 0.2) is 48.8 Å². The van der Waals surface area contributed by atoms with Crippen molar-refractivity contribution in [1.29, 1.82) is 0 Å². The molecule has 2 heterocycles. The van der Waals surface area contributed by atoms with E-state index in [1.165, 1.54) is 6.08 Å². The average molecular weight is 267 g/mol. The molecule has 0 amide bonds. The van der Waals surface area contributed by atoms with Gasteiger partial charge in [-0.3, -0.25) is 9.78 Å². The lowest BCUT2D eigenvalue weighted by molar-refractivity contribution is 0.104. The average Bonchev–Trinajstić information content (AvgIpc) is 2.53. The monoisotopic (exact) mass is 267 g/mol. The molecule has 0 radical (unpaired) electrons. The molecule has 2 aromatic rings. The molecule has 4 heteroatoms. The highest BCUT2D eigenvalue weighted by Gasteiger charge is 2.10. The number of ether oxygens (including phenoxy) is 2. The summed E-state index contributed by atoms with van der Waals surface area (Å²) in [6, 6.07) is 9.08. The molecule has 20 heavy (non-hydrogen) atoms. The van der Waals surface area contributed by atoms with Crippen LogP contribution in [0.25, 0.3) is 6.08 Å². The molecule has 0 atom stereocenters. The van der Waals surface area contributed by atoms with Crippen LogP contribution in [0.3, 0.4) is 0 Å². The van der Waals surface area contributed by atoms with E-state index in [0.29, 0.717) is 24.5 Å². The summed E-state index contributed by atoms with van der Waals surface area (Å²) in [5.74, 6) is 1.38. The number of rotatable bonds is 3. The number of hydrogen-bond donors (Lipinski definition) is 0. The van der Waals surface area contributed by atoms with Crippen LogP contribution < -0.4 is 9.47 Å². The third kappa shape index (κ3) is 2.69. The second-order valence-corrected chi connectivity index (χ2v) is 4.34. The summed E-state index contributed by atoms with van der Waals surface area (Å²) in [6.07, 6.45) is 6.48. The van der Waals surface area contributed by atoms with E-state index >= 15 is 0 Å². The summed E-state index contributed by atoms with van der Waals surface area (Å²) in [7, 11) is 0. The van der Waals surface area contributed by atoms with Gasteiger partial charge in [-0.2, -0.15) is 0 Å². The van der Waals surface area contributed by atoms with Crippen molar-refractivity contribution >= 4 is 11.9 Å². The summed E-state index contributed by atoms with van der Waals surface area (Å²) in [6.45, 7) is 1.12. The molecule has 0 bridgehead atoms. The molecular formula is C16H13NO3. The Hall–Kier alpha value is -2.62. The molecule has 4 nitrogen and oxygen atoms in total. The van der Waals surface area contributed by atoms with Crippen LogP contribution >= 0.6 is 0 Å². The van der Waals surface area contributed by atoms with Crippen molar-refractivity contribution in [3.8, 4) is 11.5 Å². The molecule has 0 saturated carbocycles. The van der Waals surface area contributed by atoms with Gasteiger partial charge in [0.15, 0.2) is 17.3 Å². The Kier molecular flexibility index (Phi) is 3.46. The molecule has 1 aliphatic rings. The minimum atomic E-state index is -0.0759. The zero-order valence-electron chi connectivity index (χ0n) is 10.8. The van der Waals surface area contributed by atoms with Gasteiger partial charge < -0.3 is 9.47 Å². The van der Waals surface area contributed by atoms with Crippen LogP contribution in [0.2, 0.25) is 0 Å². The Bertz CT molecular complexity index is 650. The smallest absolute Gasteiger partial charge is 0.187 e. The van der Waals surface area contributed by atoms with Crippen LogP contribution in [0, 0.1) is 0 Å². The summed E-state index contributed by atoms with van der Waals surface area (Å²) >= 11 is 0. The molecule has 0 aliphatic carbocycles. The largest absolute Gasteiger partial charge is 0.486 e. The Labute approximate surface area is 116 Å². The van der Waals surface area contributed by atoms with Gasteiger partial charge in [-0.05, 0) is 35.9 Å². The number of benzene rings is 1. The molecule has 0 spiro atoms. The maximum Gasteiger partial charge on any atom is 0.187 e. The predicted molar refractivity (Wildman–Crippen MR) is 75.0 cm³/mol. The molecule has 0 unspecified atom stereocenters. The van der Waals surface area contributed by atoms with Gasteiger partial charge in [0.1, 0.15) is 13.2 Å². The Balaban J connectivity index is 1.77. The number of hydrogen-bond acceptors (Lipinski definition) is 4. The highest BCUT2D eigenvalue weighted by Crippen LogP contribution is 2.31. The van der Waals surface area contributed by atoms with Crippen molar-refractivity contribution in [3.63, 3.8) is 0 Å². The van der Waals surface area contributed by atoms with Gasteiger partial charge in [0.05, 0.1) is 0 Å². The summed E-state index contributed by atoms with van der Waals surface area (Å²) in [5, 5.41) is 0. The predicted octanol–water partition coefficient (Wildman–Crippen LogP) is 2.75. The lowest BCUT2D eigenvalue weighted by Crippen LogP contribution is -2.15. The minimum absolute atomic E-state index is 0.0759. The zero-order chi connectivity index (χ0) is 13.8. The molecule has 1 aromatic heterocycles. The summed E-state index contributed by atoms with van der Waals surface area (Å²) in [5.41, 5.74) is 1.47. The number of carbonyl (C=O) groups is 1. The van der Waals surface area contributed by atoms with Crippen molar-refractivity contribution in [2.45, 2.75) is 0 Å². The quantitative estimate of drug-likeness (QED) is 0.633. The second-order valence-electron chi connectivity index (χ2n) is 4.34. The van der Waals surface area contributed by atoms with E-state index in [0.717, 1.165) is 11.3 Å². The van der Waals surface area contributed by atoms with Crippen molar-refractivity contribution in [2.24, 2.45) is 0 Å². The van der Waals surface area contributed by atoms with Gasteiger partial charge in [0.25, 0.3) is 0 Å². The first kappa shape index (κ1) is 12.4. The Morgan fingerprint density at radius 1 is 1.15 bits per heavy atom. The third-order valence-electron chi connectivity index (χ3n) is 2.94. The zero-order valence-corrected chi connectivity index (χ0v) is 10.8. The lowest BCUT2D eigenvalue weighted by atomic mass is 10.1. The van der Waals surface area contributed by atoms with Crippen LogP contribution in [-0.2, 0) is 0 Å². The third-order valence-corrected chi connectivity index (χ3v) is 2.94. The fourth-order valence-electron chi connectivity index (χ4n) is 1.94. The highest BCUT2D eigenvalue weighted by atomic mass is 16.6. The minimum Gasteiger partial charge on any atom is -0.486 e.